The lowest BCUT2D eigenvalue weighted by Crippen LogP contribution is -1.68. The van der Waals surface area contributed by atoms with Crippen LogP contribution < -0.4 is 0 Å². The Kier molecular flexibility index (Phi) is 4.49. The minimum atomic E-state index is -0.198. The Morgan fingerprint density at radius 3 is 2.60 bits per heavy atom. The second-order valence-electron chi connectivity index (χ2n) is 2.64. The third-order valence-corrected chi connectivity index (χ3v) is 2.63. The summed E-state index contributed by atoms with van der Waals surface area (Å²) in [7, 11) is 0. The fourth-order valence-electron chi connectivity index (χ4n) is 1.05. The zero-order valence-corrected chi connectivity index (χ0v) is 9.90. The number of nitrogens with zero attached hydrogens (tertiary/aromatic N) is 1. The first-order chi connectivity index (χ1) is 7.29. The standard InChI is InChI=1S/C9H8FNOS.C2H6/c1-2-6-5-7(11-12-6)8-3-4-9(10)13-8;1-2/h3-5H,2H2,1H3;1-2H3. The van der Waals surface area contributed by atoms with Crippen molar-refractivity contribution in [1.82, 2.24) is 5.16 Å². The summed E-state index contributed by atoms with van der Waals surface area (Å²) < 4.78 is 17.7. The SMILES string of the molecule is CC.CCc1cc(-c2ccc(F)s2)no1. The molecule has 0 aromatic carbocycles. The highest BCUT2D eigenvalue weighted by Gasteiger charge is 2.07. The maximum Gasteiger partial charge on any atom is 0.177 e. The Bertz CT molecular complexity index is 408. The molecule has 0 spiro atoms. The van der Waals surface area contributed by atoms with E-state index >= 15 is 0 Å². The van der Waals surface area contributed by atoms with Gasteiger partial charge in [-0.05, 0) is 12.1 Å². The van der Waals surface area contributed by atoms with E-state index in [4.69, 9.17) is 4.52 Å². The van der Waals surface area contributed by atoms with Gasteiger partial charge in [0.05, 0.1) is 4.88 Å². The van der Waals surface area contributed by atoms with Gasteiger partial charge in [0.25, 0.3) is 0 Å². The molecule has 0 radical (unpaired) electrons. The van der Waals surface area contributed by atoms with Crippen LogP contribution >= 0.6 is 11.3 Å². The van der Waals surface area contributed by atoms with Crippen LogP contribution in [0.15, 0.2) is 22.7 Å². The molecule has 2 nitrogen and oxygen atoms in total. The molecule has 2 aromatic heterocycles. The van der Waals surface area contributed by atoms with Gasteiger partial charge in [-0.3, -0.25) is 0 Å². The lowest BCUT2D eigenvalue weighted by atomic mass is 10.3. The molecule has 0 aliphatic carbocycles. The molecule has 0 aliphatic rings. The van der Waals surface area contributed by atoms with Gasteiger partial charge in [-0.25, -0.2) is 0 Å². The van der Waals surface area contributed by atoms with Crippen LogP contribution in [0, 0.1) is 5.13 Å². The molecule has 2 heterocycles. The minimum Gasteiger partial charge on any atom is -0.361 e. The normalized spacial score (nSPS) is 9.60. The molecule has 0 bridgehead atoms. The number of hydrogen-bond donors (Lipinski definition) is 0. The lowest BCUT2D eigenvalue weighted by Gasteiger charge is -1.82. The zero-order valence-electron chi connectivity index (χ0n) is 9.08. The molecule has 0 saturated heterocycles. The van der Waals surface area contributed by atoms with Crippen LogP contribution in [0.25, 0.3) is 10.6 Å². The molecule has 15 heavy (non-hydrogen) atoms. The third-order valence-electron chi connectivity index (χ3n) is 1.73. The summed E-state index contributed by atoms with van der Waals surface area (Å²) in [5.41, 5.74) is 0.714. The fraction of sp³-hybridized carbons (Fsp3) is 0.364. The number of aryl methyl sites for hydroxylation is 1. The van der Waals surface area contributed by atoms with Crippen molar-refractivity contribution >= 4 is 11.3 Å². The van der Waals surface area contributed by atoms with E-state index in [0.717, 1.165) is 28.4 Å². The average Bonchev–Trinajstić information content (AvgIpc) is 2.88. The van der Waals surface area contributed by atoms with Crippen molar-refractivity contribution in [3.63, 3.8) is 0 Å². The maximum absolute atomic E-state index is 12.7. The highest BCUT2D eigenvalue weighted by atomic mass is 32.1. The van der Waals surface area contributed by atoms with E-state index in [9.17, 15) is 4.39 Å². The molecule has 4 heteroatoms. The Labute approximate surface area is 92.7 Å². The summed E-state index contributed by atoms with van der Waals surface area (Å²) in [6.45, 7) is 5.99. The molecular formula is C11H14FNOS. The van der Waals surface area contributed by atoms with Gasteiger partial charge in [0, 0.05) is 12.5 Å². The molecule has 82 valence electrons. The van der Waals surface area contributed by atoms with Crippen molar-refractivity contribution in [1.29, 1.82) is 0 Å². The first-order valence-electron chi connectivity index (χ1n) is 5.01. The second kappa shape index (κ2) is 5.66. The predicted molar refractivity (Wildman–Crippen MR) is 60.5 cm³/mol. The quantitative estimate of drug-likeness (QED) is 0.771. The van der Waals surface area contributed by atoms with Crippen molar-refractivity contribution in [2.75, 3.05) is 0 Å². The van der Waals surface area contributed by atoms with Crippen molar-refractivity contribution in [2.24, 2.45) is 0 Å². The van der Waals surface area contributed by atoms with Gasteiger partial charge in [0.2, 0.25) is 0 Å². The summed E-state index contributed by atoms with van der Waals surface area (Å²) in [6.07, 6.45) is 0.806. The largest absolute Gasteiger partial charge is 0.361 e. The summed E-state index contributed by atoms with van der Waals surface area (Å²) in [6, 6.07) is 4.98. The molecule has 0 unspecified atom stereocenters. The number of thiophene rings is 1. The summed E-state index contributed by atoms with van der Waals surface area (Å²) >= 11 is 1.08. The van der Waals surface area contributed by atoms with Gasteiger partial charge in [0.15, 0.2) is 5.13 Å². The third kappa shape index (κ3) is 2.89. The Morgan fingerprint density at radius 2 is 2.13 bits per heavy atom. The van der Waals surface area contributed by atoms with Gasteiger partial charge in [0.1, 0.15) is 11.5 Å². The van der Waals surface area contributed by atoms with Gasteiger partial charge < -0.3 is 4.52 Å². The fourth-order valence-corrected chi connectivity index (χ4v) is 1.73. The van der Waals surface area contributed by atoms with Crippen LogP contribution in [-0.4, -0.2) is 5.16 Å². The molecule has 0 aliphatic heterocycles. The molecule has 0 fully saturated rings. The van der Waals surface area contributed by atoms with Crippen LogP contribution in [0.5, 0.6) is 0 Å². The average molecular weight is 227 g/mol. The summed E-state index contributed by atoms with van der Waals surface area (Å²) in [5, 5.41) is 3.64. The Morgan fingerprint density at radius 1 is 1.40 bits per heavy atom. The highest BCUT2D eigenvalue weighted by Crippen LogP contribution is 2.26. The Balaban J connectivity index is 0.000000531. The summed E-state index contributed by atoms with van der Waals surface area (Å²) in [4.78, 5) is 0.806. The summed E-state index contributed by atoms with van der Waals surface area (Å²) in [5.74, 6) is 0.823. The molecule has 0 N–H and O–H groups in total. The molecule has 2 aromatic rings. The van der Waals surface area contributed by atoms with Crippen LogP contribution in [0.4, 0.5) is 4.39 Å². The molecule has 2 rings (SSSR count). The van der Waals surface area contributed by atoms with Crippen LogP contribution in [0.1, 0.15) is 26.5 Å². The van der Waals surface area contributed by atoms with Crippen LogP contribution in [0.2, 0.25) is 0 Å². The highest BCUT2D eigenvalue weighted by molar-refractivity contribution is 7.13. The number of hydrogen-bond acceptors (Lipinski definition) is 3. The maximum atomic E-state index is 12.7. The smallest absolute Gasteiger partial charge is 0.177 e. The molecule has 0 saturated carbocycles. The van der Waals surface area contributed by atoms with Gasteiger partial charge in [-0.1, -0.05) is 25.9 Å². The molecular weight excluding hydrogens is 213 g/mol. The van der Waals surface area contributed by atoms with Crippen molar-refractivity contribution < 1.29 is 8.91 Å². The molecule has 0 amide bonds. The van der Waals surface area contributed by atoms with E-state index in [2.05, 4.69) is 5.16 Å². The van der Waals surface area contributed by atoms with Gasteiger partial charge >= 0.3 is 0 Å². The van der Waals surface area contributed by atoms with E-state index in [1.807, 2.05) is 26.8 Å². The monoisotopic (exact) mass is 227 g/mol. The van der Waals surface area contributed by atoms with E-state index in [-0.39, 0.29) is 5.13 Å². The van der Waals surface area contributed by atoms with Crippen LogP contribution in [0.3, 0.4) is 0 Å². The minimum absolute atomic E-state index is 0.198. The van der Waals surface area contributed by atoms with E-state index in [0.29, 0.717) is 5.69 Å². The van der Waals surface area contributed by atoms with Crippen LogP contribution in [-0.2, 0) is 6.42 Å². The first kappa shape index (κ1) is 11.9. The van der Waals surface area contributed by atoms with Crippen molar-refractivity contribution in [2.45, 2.75) is 27.2 Å². The lowest BCUT2D eigenvalue weighted by molar-refractivity contribution is 0.389. The van der Waals surface area contributed by atoms with E-state index in [1.165, 1.54) is 6.07 Å². The first-order valence-corrected chi connectivity index (χ1v) is 5.82. The molecule has 0 atom stereocenters. The van der Waals surface area contributed by atoms with E-state index < -0.39 is 0 Å². The topological polar surface area (TPSA) is 26.0 Å². The number of rotatable bonds is 2. The zero-order chi connectivity index (χ0) is 11.3. The van der Waals surface area contributed by atoms with Crippen molar-refractivity contribution in [3.05, 3.63) is 29.1 Å². The number of aromatic nitrogens is 1. The van der Waals surface area contributed by atoms with E-state index in [1.54, 1.807) is 6.07 Å². The van der Waals surface area contributed by atoms with Gasteiger partial charge in [-0.15, -0.1) is 11.3 Å². The predicted octanol–water partition coefficient (Wildman–Crippen LogP) is 4.13. The Hall–Kier alpha value is -1.16. The van der Waals surface area contributed by atoms with Gasteiger partial charge in [-0.2, -0.15) is 4.39 Å². The second-order valence-corrected chi connectivity index (χ2v) is 3.67. The number of halogens is 1. The van der Waals surface area contributed by atoms with Crippen molar-refractivity contribution in [3.8, 4) is 10.6 Å².